The Morgan fingerprint density at radius 2 is 1.76 bits per heavy atom. The minimum atomic E-state index is -3.23. The lowest BCUT2D eigenvalue weighted by molar-refractivity contribution is -0.0994. The first-order valence-electron chi connectivity index (χ1n) is 11.5. The number of hydrogen-bond acceptors (Lipinski definition) is 5. The second-order valence-electron chi connectivity index (χ2n) is 10.8. The number of hydrogen-bond donors (Lipinski definition) is 1. The molecule has 5 atom stereocenters. The fourth-order valence-electron chi connectivity index (χ4n) is 5.80. The van der Waals surface area contributed by atoms with E-state index in [2.05, 4.69) is 4.90 Å². The minimum absolute atomic E-state index is 0.0148. The number of amides is 1. The van der Waals surface area contributed by atoms with E-state index in [1.807, 2.05) is 0 Å². The van der Waals surface area contributed by atoms with Crippen LogP contribution in [-0.4, -0.2) is 90.4 Å². The quantitative estimate of drug-likeness (QED) is 0.683. The van der Waals surface area contributed by atoms with Gasteiger partial charge in [0.1, 0.15) is 17.7 Å². The zero-order valence-electron chi connectivity index (χ0n) is 19.9. The molecule has 1 amide bonds. The number of sulfonamides is 1. The van der Waals surface area contributed by atoms with Crippen LogP contribution in [0.4, 0.5) is 13.6 Å². The second kappa shape index (κ2) is 9.00. The molecule has 0 aromatic heterocycles. The summed E-state index contributed by atoms with van der Waals surface area (Å²) in [6.07, 6.45) is -0.459. The number of benzene rings is 1. The van der Waals surface area contributed by atoms with Crippen molar-refractivity contribution in [2.75, 3.05) is 39.0 Å². The van der Waals surface area contributed by atoms with Crippen LogP contribution in [0.3, 0.4) is 0 Å². The van der Waals surface area contributed by atoms with Crippen LogP contribution in [0.15, 0.2) is 18.2 Å². The maximum atomic E-state index is 14.7. The second-order valence-corrected chi connectivity index (χ2v) is 12.7. The van der Waals surface area contributed by atoms with Gasteiger partial charge in [0, 0.05) is 43.3 Å². The normalized spacial score (nSPS) is 30.9. The van der Waals surface area contributed by atoms with Gasteiger partial charge in [-0.2, -0.15) is 0 Å². The molecule has 0 aliphatic carbocycles. The number of nitrogens with zero attached hydrogens (tertiary/aromatic N) is 3. The minimum Gasteiger partial charge on any atom is -0.465 e. The van der Waals surface area contributed by atoms with Gasteiger partial charge in [-0.3, -0.25) is 9.80 Å². The largest absolute Gasteiger partial charge is 0.465 e. The molecule has 190 valence electrons. The Morgan fingerprint density at radius 1 is 1.15 bits per heavy atom. The maximum absolute atomic E-state index is 14.7. The van der Waals surface area contributed by atoms with E-state index < -0.39 is 45.4 Å². The molecule has 34 heavy (non-hydrogen) atoms. The van der Waals surface area contributed by atoms with Crippen molar-refractivity contribution in [1.82, 2.24) is 14.1 Å². The Hall–Kier alpha value is -1.82. The van der Waals surface area contributed by atoms with Gasteiger partial charge in [0.25, 0.3) is 0 Å². The van der Waals surface area contributed by atoms with Gasteiger partial charge in [-0.25, -0.2) is 26.3 Å². The number of fused-ring (bicyclic) bond motifs is 1. The van der Waals surface area contributed by atoms with Gasteiger partial charge < -0.3 is 9.84 Å². The van der Waals surface area contributed by atoms with Gasteiger partial charge in [-0.15, -0.1) is 0 Å². The van der Waals surface area contributed by atoms with E-state index in [0.29, 0.717) is 32.6 Å². The fraction of sp³-hybridized carbons (Fsp3) is 0.696. The summed E-state index contributed by atoms with van der Waals surface area (Å²) in [5.74, 6) is -0.818. The van der Waals surface area contributed by atoms with Gasteiger partial charge in [0.2, 0.25) is 10.0 Å². The first kappa shape index (κ1) is 25.3. The highest BCUT2D eigenvalue weighted by Crippen LogP contribution is 2.41. The number of halogens is 2. The monoisotopic (exact) mass is 501 g/mol. The molecule has 11 heteroatoms. The van der Waals surface area contributed by atoms with E-state index in [0.717, 1.165) is 18.2 Å². The lowest BCUT2D eigenvalue weighted by Crippen LogP contribution is -2.58. The molecule has 4 rings (SSSR count). The van der Waals surface area contributed by atoms with E-state index in [1.54, 1.807) is 20.8 Å². The van der Waals surface area contributed by atoms with E-state index in [-0.39, 0.29) is 30.0 Å². The molecule has 3 fully saturated rings. The average molecular weight is 502 g/mol. The van der Waals surface area contributed by atoms with Gasteiger partial charge in [0.15, 0.2) is 0 Å². The molecule has 1 N–H and O–H groups in total. The average Bonchev–Trinajstić information content (AvgIpc) is 3.28. The first-order chi connectivity index (χ1) is 15.8. The Balaban J connectivity index is 1.58. The molecular formula is C23H33F2N3O5S. The third-order valence-corrected chi connectivity index (χ3v) is 8.56. The number of carboxylic acid groups (broad SMARTS) is 1. The van der Waals surface area contributed by atoms with Crippen molar-refractivity contribution in [2.24, 2.45) is 11.8 Å². The summed E-state index contributed by atoms with van der Waals surface area (Å²) >= 11 is 0. The Morgan fingerprint density at radius 3 is 2.29 bits per heavy atom. The molecule has 0 radical (unpaired) electrons. The predicted molar refractivity (Wildman–Crippen MR) is 122 cm³/mol. The van der Waals surface area contributed by atoms with Crippen LogP contribution in [0, 0.1) is 23.5 Å². The van der Waals surface area contributed by atoms with Crippen LogP contribution in [0.25, 0.3) is 0 Å². The highest BCUT2D eigenvalue weighted by molar-refractivity contribution is 7.88. The lowest BCUT2D eigenvalue weighted by atomic mass is 9.88. The van der Waals surface area contributed by atoms with Crippen LogP contribution in [0.5, 0.6) is 0 Å². The molecule has 2 unspecified atom stereocenters. The van der Waals surface area contributed by atoms with Gasteiger partial charge >= 0.3 is 6.09 Å². The molecule has 0 spiro atoms. The predicted octanol–water partition coefficient (Wildman–Crippen LogP) is 2.77. The molecule has 3 aliphatic rings. The summed E-state index contributed by atoms with van der Waals surface area (Å²) in [5.41, 5.74) is -0.776. The lowest BCUT2D eigenvalue weighted by Gasteiger charge is -2.48. The zero-order chi connectivity index (χ0) is 25.0. The van der Waals surface area contributed by atoms with Crippen LogP contribution < -0.4 is 0 Å². The van der Waals surface area contributed by atoms with E-state index in [4.69, 9.17) is 4.74 Å². The van der Waals surface area contributed by atoms with Gasteiger partial charge in [0.05, 0.1) is 18.9 Å². The molecule has 3 heterocycles. The van der Waals surface area contributed by atoms with Crippen LogP contribution in [0.2, 0.25) is 0 Å². The molecule has 1 aromatic carbocycles. The van der Waals surface area contributed by atoms with Gasteiger partial charge in [-0.05, 0) is 57.2 Å². The highest BCUT2D eigenvalue weighted by Gasteiger charge is 2.49. The summed E-state index contributed by atoms with van der Waals surface area (Å²) in [6, 6.07) is 2.31. The standard InChI is InChI=1S/C23H33F2N3O5S/c1-23(2,3)28(22(29)30)20-8-17(13-33-21(20)18-7-16(24)5-6-19(18)25)26-9-14-11-27(34(4,31)32)12-15(14)10-26/h5-7,14-15,17,20-21H,8-13H2,1-4H3,(H,29,30)/t14?,15?,17-,20+,21+/m1/s1. The zero-order valence-corrected chi connectivity index (χ0v) is 20.8. The maximum Gasteiger partial charge on any atom is 0.408 e. The van der Waals surface area contributed by atoms with Crippen LogP contribution >= 0.6 is 0 Å². The molecular weight excluding hydrogens is 468 g/mol. The van der Waals surface area contributed by atoms with Crippen molar-refractivity contribution >= 4 is 16.1 Å². The number of ether oxygens (including phenoxy) is 1. The third kappa shape index (κ3) is 4.93. The van der Waals surface area contributed by atoms with Crippen molar-refractivity contribution in [2.45, 2.75) is 50.9 Å². The van der Waals surface area contributed by atoms with Crippen molar-refractivity contribution in [3.05, 3.63) is 35.4 Å². The Labute approximate surface area is 199 Å². The Bertz CT molecular complexity index is 1030. The summed E-state index contributed by atoms with van der Waals surface area (Å²) in [6.45, 7) is 7.91. The molecule has 3 saturated heterocycles. The Kier molecular flexibility index (Phi) is 6.69. The number of carbonyl (C=O) groups is 1. The van der Waals surface area contributed by atoms with Crippen LogP contribution in [0.1, 0.15) is 38.9 Å². The van der Waals surface area contributed by atoms with Crippen molar-refractivity contribution in [1.29, 1.82) is 0 Å². The third-order valence-electron chi connectivity index (χ3n) is 7.32. The summed E-state index contributed by atoms with van der Waals surface area (Å²) in [7, 11) is -3.23. The number of rotatable bonds is 4. The first-order valence-corrected chi connectivity index (χ1v) is 13.4. The molecule has 3 aliphatic heterocycles. The topological polar surface area (TPSA) is 90.4 Å². The van der Waals surface area contributed by atoms with Crippen molar-refractivity contribution < 1.29 is 31.8 Å². The van der Waals surface area contributed by atoms with E-state index >= 15 is 0 Å². The summed E-state index contributed by atoms with van der Waals surface area (Å²) in [5, 5.41) is 10.1. The summed E-state index contributed by atoms with van der Waals surface area (Å²) in [4.78, 5) is 15.8. The molecule has 1 aromatic rings. The SMILES string of the molecule is CC(C)(C)N(C(=O)O)[C@H]1C[C@@H](N2CC3CN(S(C)(=O)=O)CC3C2)CO[C@H]1c1cc(F)ccc1F. The van der Waals surface area contributed by atoms with Crippen molar-refractivity contribution in [3.63, 3.8) is 0 Å². The molecule has 0 bridgehead atoms. The number of likely N-dealkylation sites (tertiary alicyclic amines) is 1. The van der Waals surface area contributed by atoms with Crippen LogP contribution in [-0.2, 0) is 14.8 Å². The van der Waals surface area contributed by atoms with E-state index in [1.165, 1.54) is 15.5 Å². The summed E-state index contributed by atoms with van der Waals surface area (Å²) < 4.78 is 60.1. The molecule has 8 nitrogen and oxygen atoms in total. The smallest absolute Gasteiger partial charge is 0.408 e. The fourth-order valence-corrected chi connectivity index (χ4v) is 6.73. The molecule has 0 saturated carbocycles. The van der Waals surface area contributed by atoms with E-state index in [9.17, 15) is 27.1 Å². The highest BCUT2D eigenvalue weighted by atomic mass is 32.2. The van der Waals surface area contributed by atoms with Gasteiger partial charge in [-0.1, -0.05) is 0 Å². The van der Waals surface area contributed by atoms with Crippen molar-refractivity contribution in [3.8, 4) is 0 Å².